The fourth-order valence-electron chi connectivity index (χ4n) is 3.42. The second-order valence-corrected chi connectivity index (χ2v) is 8.63. The summed E-state index contributed by atoms with van der Waals surface area (Å²) in [5, 5.41) is 12.5. The monoisotopic (exact) mass is 437 g/mol. The molecule has 3 aromatic rings. The number of aromatic nitrogens is 3. The molecule has 31 heavy (non-hydrogen) atoms. The Morgan fingerprint density at radius 1 is 1.48 bits per heavy atom. The van der Waals surface area contributed by atoms with Gasteiger partial charge in [0, 0.05) is 52.4 Å². The zero-order valence-electron chi connectivity index (χ0n) is 19.8. The Kier molecular flexibility index (Phi) is 3.85. The van der Waals surface area contributed by atoms with E-state index in [1.54, 1.807) is 22.2 Å². The van der Waals surface area contributed by atoms with Gasteiger partial charge in [-0.1, -0.05) is 6.58 Å². The molecule has 9 heteroatoms. The molecule has 8 nitrogen and oxygen atoms in total. The van der Waals surface area contributed by atoms with Gasteiger partial charge < -0.3 is 15.5 Å². The molecule has 1 aliphatic carbocycles. The van der Waals surface area contributed by atoms with Crippen LogP contribution in [0.2, 0.25) is 0 Å². The van der Waals surface area contributed by atoms with E-state index in [1.807, 2.05) is 12.1 Å². The third kappa shape index (κ3) is 3.72. The first-order chi connectivity index (χ1) is 16.1. The smallest absolute Gasteiger partial charge is 0.263 e. The third-order valence-corrected chi connectivity index (χ3v) is 6.12. The van der Waals surface area contributed by atoms with Crippen LogP contribution in [0, 0.1) is 0 Å². The van der Waals surface area contributed by atoms with Gasteiger partial charge in [-0.25, -0.2) is 4.98 Å². The Morgan fingerprint density at radius 2 is 2.32 bits per heavy atom. The Balaban J connectivity index is 1.56. The van der Waals surface area contributed by atoms with Crippen LogP contribution < -0.4 is 10.6 Å². The van der Waals surface area contributed by atoms with Crippen molar-refractivity contribution in [2.45, 2.75) is 25.3 Å². The van der Waals surface area contributed by atoms with Crippen molar-refractivity contribution in [2.24, 2.45) is 0 Å². The van der Waals surface area contributed by atoms with E-state index in [-0.39, 0.29) is 12.3 Å². The quantitative estimate of drug-likeness (QED) is 0.640. The molecule has 0 radical (unpaired) electrons. The van der Waals surface area contributed by atoms with Gasteiger partial charge >= 0.3 is 0 Å². The van der Waals surface area contributed by atoms with Crippen LogP contribution >= 0.6 is 11.3 Å². The number of carbonyl (C=O) groups is 2. The van der Waals surface area contributed by atoms with E-state index in [1.165, 1.54) is 18.4 Å². The van der Waals surface area contributed by atoms with Crippen LogP contribution in [0.3, 0.4) is 0 Å². The summed E-state index contributed by atoms with van der Waals surface area (Å²) < 4.78 is 24.2. The first-order valence-corrected chi connectivity index (χ1v) is 10.7. The minimum atomic E-state index is -2.51. The van der Waals surface area contributed by atoms with Gasteiger partial charge in [0.15, 0.2) is 5.65 Å². The molecule has 158 valence electrons. The van der Waals surface area contributed by atoms with E-state index in [4.69, 9.17) is 9.10 Å². The molecule has 0 unspecified atom stereocenters. The molecule has 2 aliphatic rings. The van der Waals surface area contributed by atoms with Gasteiger partial charge in [-0.05, 0) is 30.6 Å². The summed E-state index contributed by atoms with van der Waals surface area (Å²) in [6.45, 7) is 1.38. The van der Waals surface area contributed by atoms with Crippen LogP contribution in [0.15, 0.2) is 41.6 Å². The van der Waals surface area contributed by atoms with Crippen molar-refractivity contribution < 1.29 is 13.7 Å². The number of allylic oxidation sites excluding steroid dienone is 1. The lowest BCUT2D eigenvalue weighted by Gasteiger charge is -2.10. The maximum Gasteiger partial charge on any atom is 0.263 e. The average Bonchev–Trinajstić information content (AvgIpc) is 3.17. The largest absolute Gasteiger partial charge is 0.367 e. The summed E-state index contributed by atoms with van der Waals surface area (Å²) in [7, 11) is 1.26. The Bertz CT molecular complexity index is 1370. The summed E-state index contributed by atoms with van der Waals surface area (Å²) in [6, 6.07) is 3.90. The lowest BCUT2D eigenvalue weighted by molar-refractivity contribution is -0.118. The number of amides is 2. The standard InChI is InChI=1S/C22H22N6O2S/c1-12-13(8-20(29)24-12)6-14-10-23-28-19(25-16-4-5-16)9-17(26-21(14)28)15-7-18(31-11-15)22(30)27(2)3/h6-7,9-11,16,25H,1,4-5,8H2,2-3H3,(H,24,29)/b13-6+/i2D3. The molecule has 1 aliphatic heterocycles. The van der Waals surface area contributed by atoms with Crippen LogP contribution in [-0.2, 0) is 4.79 Å². The SMILES string of the molecule is [2H]C([2H])([2H])N(C)C(=O)c1cc(-c2cc(NC3CC3)n3ncc(/C=C4\CC(=O)NC4=C)c3n2)cs1. The molecule has 1 saturated carbocycles. The number of nitrogens with one attached hydrogen (secondary N) is 2. The second kappa shape index (κ2) is 7.35. The highest BCUT2D eigenvalue weighted by atomic mass is 32.1. The van der Waals surface area contributed by atoms with E-state index < -0.39 is 12.9 Å². The van der Waals surface area contributed by atoms with Gasteiger partial charge in [0.25, 0.3) is 5.91 Å². The van der Waals surface area contributed by atoms with Crippen molar-refractivity contribution in [3.63, 3.8) is 0 Å². The Labute approximate surface area is 187 Å². The molecule has 2 N–H and O–H groups in total. The molecule has 2 amide bonds. The van der Waals surface area contributed by atoms with Gasteiger partial charge in [0.05, 0.1) is 23.2 Å². The van der Waals surface area contributed by atoms with Crippen LogP contribution in [0.25, 0.3) is 23.0 Å². The van der Waals surface area contributed by atoms with E-state index in [0.29, 0.717) is 33.5 Å². The van der Waals surface area contributed by atoms with Gasteiger partial charge in [-0.15, -0.1) is 11.3 Å². The van der Waals surface area contributed by atoms with Crippen molar-refractivity contribution in [2.75, 3.05) is 19.3 Å². The fraction of sp³-hybridized carbons (Fsp3) is 0.273. The molecular formula is C22H22N6O2S. The van der Waals surface area contributed by atoms with Crippen LogP contribution in [0.5, 0.6) is 0 Å². The number of hydrogen-bond donors (Lipinski definition) is 2. The van der Waals surface area contributed by atoms with Crippen molar-refractivity contribution in [3.05, 3.63) is 52.0 Å². The molecule has 2 fully saturated rings. The van der Waals surface area contributed by atoms with Crippen molar-refractivity contribution in [3.8, 4) is 11.3 Å². The molecule has 3 aromatic heterocycles. The number of anilines is 1. The number of thiophene rings is 1. The van der Waals surface area contributed by atoms with Gasteiger partial charge in [-0.2, -0.15) is 9.61 Å². The van der Waals surface area contributed by atoms with E-state index in [2.05, 4.69) is 22.3 Å². The number of hydrogen-bond acceptors (Lipinski definition) is 6. The number of carbonyl (C=O) groups excluding carboxylic acids is 2. The predicted molar refractivity (Wildman–Crippen MR) is 121 cm³/mol. The molecule has 1 saturated heterocycles. The molecule has 0 atom stereocenters. The minimum Gasteiger partial charge on any atom is -0.367 e. The lowest BCUT2D eigenvalue weighted by atomic mass is 10.1. The Hall–Kier alpha value is -3.46. The summed E-state index contributed by atoms with van der Waals surface area (Å²) >= 11 is 1.17. The van der Waals surface area contributed by atoms with E-state index >= 15 is 0 Å². The zero-order chi connectivity index (χ0) is 24.2. The normalized spacial score (nSPS) is 19.3. The maximum atomic E-state index is 12.6. The Morgan fingerprint density at radius 3 is 3.03 bits per heavy atom. The van der Waals surface area contributed by atoms with Crippen LogP contribution in [-0.4, -0.2) is 51.4 Å². The number of fused-ring (bicyclic) bond motifs is 1. The molecular weight excluding hydrogens is 412 g/mol. The highest BCUT2D eigenvalue weighted by Crippen LogP contribution is 2.32. The van der Waals surface area contributed by atoms with Gasteiger partial charge in [0.1, 0.15) is 5.82 Å². The van der Waals surface area contributed by atoms with Crippen molar-refractivity contribution >= 4 is 40.7 Å². The summed E-state index contributed by atoms with van der Waals surface area (Å²) in [6.07, 6.45) is 5.94. The van der Waals surface area contributed by atoms with E-state index in [0.717, 1.165) is 34.7 Å². The van der Waals surface area contributed by atoms with Gasteiger partial charge in [-0.3, -0.25) is 9.59 Å². The summed E-state index contributed by atoms with van der Waals surface area (Å²) in [5.74, 6) is 0.0978. The average molecular weight is 438 g/mol. The maximum absolute atomic E-state index is 12.6. The van der Waals surface area contributed by atoms with Crippen LogP contribution in [0.1, 0.15) is 38.6 Å². The highest BCUT2D eigenvalue weighted by molar-refractivity contribution is 7.12. The topological polar surface area (TPSA) is 91.6 Å². The molecule has 0 aromatic carbocycles. The zero-order valence-corrected chi connectivity index (χ0v) is 17.6. The second-order valence-electron chi connectivity index (χ2n) is 7.72. The number of rotatable bonds is 5. The molecule has 0 spiro atoms. The minimum absolute atomic E-state index is 0.102. The summed E-state index contributed by atoms with van der Waals surface area (Å²) in [4.78, 5) is 30.2. The van der Waals surface area contributed by atoms with Crippen LogP contribution in [0.4, 0.5) is 5.82 Å². The van der Waals surface area contributed by atoms with E-state index in [9.17, 15) is 9.59 Å². The predicted octanol–water partition coefficient (Wildman–Crippen LogP) is 3.15. The first-order valence-electron chi connectivity index (χ1n) is 11.3. The van der Waals surface area contributed by atoms with Gasteiger partial charge in [0.2, 0.25) is 5.91 Å². The van der Waals surface area contributed by atoms with Crippen molar-refractivity contribution in [1.29, 1.82) is 0 Å². The first kappa shape index (κ1) is 16.3. The molecule has 5 rings (SSSR count). The molecule has 4 heterocycles. The fourth-order valence-corrected chi connectivity index (χ4v) is 4.29. The van der Waals surface area contributed by atoms with Crippen molar-refractivity contribution in [1.82, 2.24) is 24.8 Å². The third-order valence-electron chi connectivity index (χ3n) is 5.20. The lowest BCUT2D eigenvalue weighted by Crippen LogP contribution is -2.20. The highest BCUT2D eigenvalue weighted by Gasteiger charge is 2.24. The molecule has 0 bridgehead atoms. The number of nitrogens with zero attached hydrogens (tertiary/aromatic N) is 4. The summed E-state index contributed by atoms with van der Waals surface area (Å²) in [5.41, 5.74) is 4.01.